The molecule has 0 atom stereocenters. The molecule has 0 amide bonds. The van der Waals surface area contributed by atoms with Gasteiger partial charge in [0.05, 0.1) is 0 Å². The number of nitrogens with one attached hydrogen (secondary N) is 2. The van der Waals surface area contributed by atoms with Gasteiger partial charge in [-0.2, -0.15) is 0 Å². The van der Waals surface area contributed by atoms with Gasteiger partial charge in [0.1, 0.15) is 5.69 Å². The van der Waals surface area contributed by atoms with Gasteiger partial charge in [-0.25, -0.2) is 0 Å². The summed E-state index contributed by atoms with van der Waals surface area (Å²) >= 11 is 5.86. The molecular formula is C18H17ClN4O. The van der Waals surface area contributed by atoms with Crippen molar-refractivity contribution in [2.75, 3.05) is 5.32 Å². The van der Waals surface area contributed by atoms with E-state index >= 15 is 0 Å². The molecule has 0 aliphatic rings. The molecule has 5 nitrogen and oxygen atoms in total. The van der Waals surface area contributed by atoms with E-state index < -0.39 is 0 Å². The Bertz CT molecular complexity index is 919. The van der Waals surface area contributed by atoms with Gasteiger partial charge in [0.15, 0.2) is 0 Å². The quantitative estimate of drug-likeness (QED) is 0.758. The number of aromatic nitrogens is 3. The third kappa shape index (κ3) is 3.81. The minimum Gasteiger partial charge on any atom is -0.324 e. The van der Waals surface area contributed by atoms with Crippen molar-refractivity contribution in [3.63, 3.8) is 0 Å². The molecule has 0 saturated carbocycles. The van der Waals surface area contributed by atoms with E-state index in [1.54, 1.807) is 12.1 Å². The third-order valence-corrected chi connectivity index (χ3v) is 3.94. The Balaban J connectivity index is 1.79. The van der Waals surface area contributed by atoms with Gasteiger partial charge in [0.2, 0.25) is 5.95 Å². The normalized spacial score (nSPS) is 10.6. The molecule has 1 heterocycles. The molecule has 0 unspecified atom stereocenters. The maximum absolute atomic E-state index is 12.2. The predicted octanol–water partition coefficient (Wildman–Crippen LogP) is 3.77. The molecule has 2 N–H and O–H groups in total. The molecule has 0 saturated heterocycles. The highest BCUT2D eigenvalue weighted by Crippen LogP contribution is 2.18. The maximum atomic E-state index is 12.2. The summed E-state index contributed by atoms with van der Waals surface area (Å²) in [5.74, 6) is 0.326. The minimum absolute atomic E-state index is 0.257. The van der Waals surface area contributed by atoms with Crippen LogP contribution in [0.4, 0.5) is 11.6 Å². The minimum atomic E-state index is -0.257. The van der Waals surface area contributed by atoms with Crippen molar-refractivity contribution in [3.8, 4) is 0 Å². The van der Waals surface area contributed by atoms with Crippen molar-refractivity contribution in [2.45, 2.75) is 20.3 Å². The zero-order chi connectivity index (χ0) is 17.1. The van der Waals surface area contributed by atoms with E-state index in [9.17, 15) is 4.79 Å². The third-order valence-electron chi connectivity index (χ3n) is 3.68. The lowest BCUT2D eigenvalue weighted by atomic mass is 10.1. The first-order chi connectivity index (χ1) is 11.5. The number of aryl methyl sites for hydroxylation is 2. The predicted molar refractivity (Wildman–Crippen MR) is 96.1 cm³/mol. The van der Waals surface area contributed by atoms with E-state index in [2.05, 4.69) is 26.6 Å². The zero-order valence-electron chi connectivity index (χ0n) is 13.4. The summed E-state index contributed by atoms with van der Waals surface area (Å²) in [6.07, 6.45) is 0.406. The SMILES string of the molecule is Cc1ccc(Nc2nnc(Cc3ccc(Cl)cc3)c(=O)[nH]2)c(C)c1. The first-order valence-corrected chi connectivity index (χ1v) is 7.93. The summed E-state index contributed by atoms with van der Waals surface area (Å²) in [6.45, 7) is 4.03. The highest BCUT2D eigenvalue weighted by Gasteiger charge is 2.07. The molecule has 0 radical (unpaired) electrons. The number of hydrogen-bond donors (Lipinski definition) is 2. The van der Waals surface area contributed by atoms with Crippen LogP contribution in [-0.2, 0) is 6.42 Å². The van der Waals surface area contributed by atoms with E-state index in [1.165, 1.54) is 5.56 Å². The lowest BCUT2D eigenvalue weighted by Gasteiger charge is -2.09. The van der Waals surface area contributed by atoms with Crippen LogP contribution in [0.15, 0.2) is 47.3 Å². The van der Waals surface area contributed by atoms with Crippen LogP contribution in [0, 0.1) is 13.8 Å². The van der Waals surface area contributed by atoms with Crippen LogP contribution in [0.25, 0.3) is 0 Å². The van der Waals surface area contributed by atoms with Crippen LogP contribution < -0.4 is 10.9 Å². The molecule has 24 heavy (non-hydrogen) atoms. The molecule has 6 heteroatoms. The molecule has 122 valence electrons. The van der Waals surface area contributed by atoms with E-state index in [-0.39, 0.29) is 5.56 Å². The van der Waals surface area contributed by atoms with Gasteiger partial charge in [-0.1, -0.05) is 41.4 Å². The average molecular weight is 341 g/mol. The smallest absolute Gasteiger partial charge is 0.274 e. The van der Waals surface area contributed by atoms with Crippen molar-refractivity contribution in [2.24, 2.45) is 0 Å². The second-order valence-electron chi connectivity index (χ2n) is 5.70. The van der Waals surface area contributed by atoms with Gasteiger partial charge in [-0.3, -0.25) is 9.78 Å². The highest BCUT2D eigenvalue weighted by atomic mass is 35.5. The number of rotatable bonds is 4. The number of benzene rings is 2. The standard InChI is InChI=1S/C18H17ClN4O/c1-11-3-8-15(12(2)9-11)20-18-21-17(24)16(22-23-18)10-13-4-6-14(19)7-5-13/h3-9H,10H2,1-2H3,(H2,20,21,23,24). The molecule has 0 aliphatic carbocycles. The molecule has 2 aromatic carbocycles. The fraction of sp³-hybridized carbons (Fsp3) is 0.167. The molecular weight excluding hydrogens is 324 g/mol. The zero-order valence-corrected chi connectivity index (χ0v) is 14.2. The van der Waals surface area contributed by atoms with Crippen LogP contribution in [0.2, 0.25) is 5.02 Å². The number of nitrogens with zero attached hydrogens (tertiary/aromatic N) is 2. The van der Waals surface area contributed by atoms with Gasteiger partial charge in [-0.05, 0) is 43.2 Å². The Morgan fingerprint density at radius 2 is 1.83 bits per heavy atom. The molecule has 0 spiro atoms. The number of anilines is 2. The van der Waals surface area contributed by atoms with Crippen molar-refractivity contribution in [3.05, 3.63) is 80.2 Å². The fourth-order valence-electron chi connectivity index (χ4n) is 2.41. The second kappa shape index (κ2) is 6.84. The summed E-state index contributed by atoms with van der Waals surface area (Å²) < 4.78 is 0. The Kier molecular flexibility index (Phi) is 4.62. The van der Waals surface area contributed by atoms with Gasteiger partial charge in [-0.15, -0.1) is 10.2 Å². The van der Waals surface area contributed by atoms with E-state index in [0.29, 0.717) is 23.1 Å². The van der Waals surface area contributed by atoms with E-state index in [1.807, 2.05) is 38.1 Å². The van der Waals surface area contributed by atoms with Crippen LogP contribution in [0.1, 0.15) is 22.4 Å². The summed E-state index contributed by atoms with van der Waals surface area (Å²) in [5.41, 5.74) is 4.19. The Morgan fingerprint density at radius 1 is 1.08 bits per heavy atom. The number of aromatic amines is 1. The number of H-pyrrole nitrogens is 1. The van der Waals surface area contributed by atoms with Crippen molar-refractivity contribution in [1.29, 1.82) is 0 Å². The Hall–Kier alpha value is -2.66. The van der Waals surface area contributed by atoms with Crippen LogP contribution in [0.5, 0.6) is 0 Å². The lowest BCUT2D eigenvalue weighted by Crippen LogP contribution is -2.19. The highest BCUT2D eigenvalue weighted by molar-refractivity contribution is 6.30. The molecule has 1 aromatic heterocycles. The van der Waals surface area contributed by atoms with Crippen molar-refractivity contribution < 1.29 is 0 Å². The molecule has 0 aliphatic heterocycles. The first kappa shape index (κ1) is 16.2. The largest absolute Gasteiger partial charge is 0.324 e. The second-order valence-corrected chi connectivity index (χ2v) is 6.13. The maximum Gasteiger partial charge on any atom is 0.274 e. The van der Waals surface area contributed by atoms with Gasteiger partial charge in [0, 0.05) is 17.1 Å². The van der Waals surface area contributed by atoms with Crippen LogP contribution >= 0.6 is 11.6 Å². The lowest BCUT2D eigenvalue weighted by molar-refractivity contribution is 0.874. The summed E-state index contributed by atoms with van der Waals surface area (Å²) in [6, 6.07) is 13.3. The summed E-state index contributed by atoms with van der Waals surface area (Å²) in [4.78, 5) is 14.9. The van der Waals surface area contributed by atoms with Crippen molar-refractivity contribution >= 4 is 23.2 Å². The van der Waals surface area contributed by atoms with Gasteiger partial charge >= 0.3 is 0 Å². The summed E-state index contributed by atoms with van der Waals surface area (Å²) in [5, 5.41) is 11.9. The molecule has 0 bridgehead atoms. The number of hydrogen-bond acceptors (Lipinski definition) is 4. The molecule has 3 aromatic rings. The van der Waals surface area contributed by atoms with E-state index in [0.717, 1.165) is 16.8 Å². The van der Waals surface area contributed by atoms with Crippen LogP contribution in [-0.4, -0.2) is 15.2 Å². The monoisotopic (exact) mass is 340 g/mol. The van der Waals surface area contributed by atoms with Crippen LogP contribution in [0.3, 0.4) is 0 Å². The first-order valence-electron chi connectivity index (χ1n) is 7.56. The van der Waals surface area contributed by atoms with E-state index in [4.69, 9.17) is 11.6 Å². The van der Waals surface area contributed by atoms with Gasteiger partial charge in [0.25, 0.3) is 5.56 Å². The summed E-state index contributed by atoms with van der Waals surface area (Å²) in [7, 11) is 0. The van der Waals surface area contributed by atoms with Crippen molar-refractivity contribution in [1.82, 2.24) is 15.2 Å². The number of halogens is 1. The Labute approximate surface area is 144 Å². The molecule has 3 rings (SSSR count). The topological polar surface area (TPSA) is 70.7 Å². The Morgan fingerprint density at radius 3 is 2.50 bits per heavy atom. The fourth-order valence-corrected chi connectivity index (χ4v) is 2.54. The molecule has 0 fully saturated rings. The van der Waals surface area contributed by atoms with Gasteiger partial charge < -0.3 is 5.32 Å². The average Bonchev–Trinajstić information content (AvgIpc) is 2.55.